The Morgan fingerprint density at radius 1 is 1.47 bits per heavy atom. The highest BCUT2D eigenvalue weighted by Crippen LogP contribution is 2.02. The molecule has 0 aliphatic heterocycles. The van der Waals surface area contributed by atoms with Crippen molar-refractivity contribution in [2.45, 2.75) is 26.0 Å². The lowest BCUT2D eigenvalue weighted by atomic mass is 10.2. The number of hydrazine groups is 1. The fourth-order valence-electron chi connectivity index (χ4n) is 1.18. The number of ether oxygens (including phenoxy) is 1. The van der Waals surface area contributed by atoms with Crippen LogP contribution in [0.5, 0.6) is 0 Å². The van der Waals surface area contributed by atoms with Gasteiger partial charge in [0.05, 0.1) is 0 Å². The maximum Gasteiger partial charge on any atom is 0.324 e. The van der Waals surface area contributed by atoms with Crippen LogP contribution in [0.2, 0.25) is 0 Å². The Labute approximate surface area is 89.4 Å². The molecule has 0 aromatic heterocycles. The van der Waals surface area contributed by atoms with Crippen molar-refractivity contribution in [3.8, 4) is 0 Å². The molecule has 0 heterocycles. The van der Waals surface area contributed by atoms with Gasteiger partial charge in [-0.05, 0) is 12.0 Å². The van der Waals surface area contributed by atoms with Crippen LogP contribution in [0.15, 0.2) is 30.3 Å². The summed E-state index contributed by atoms with van der Waals surface area (Å²) in [6.07, 6.45) is 0.615. The Balaban J connectivity index is 2.40. The van der Waals surface area contributed by atoms with E-state index in [4.69, 9.17) is 10.6 Å². The Morgan fingerprint density at radius 2 is 2.13 bits per heavy atom. The summed E-state index contributed by atoms with van der Waals surface area (Å²) in [4.78, 5) is 11.4. The second-order valence-corrected chi connectivity index (χ2v) is 3.22. The first kappa shape index (κ1) is 11.7. The number of nitrogens with one attached hydrogen (secondary N) is 1. The highest BCUT2D eigenvalue weighted by molar-refractivity contribution is 5.75. The lowest BCUT2D eigenvalue weighted by molar-refractivity contribution is -0.147. The van der Waals surface area contributed by atoms with Crippen LogP contribution in [0.3, 0.4) is 0 Å². The van der Waals surface area contributed by atoms with Gasteiger partial charge in [0.25, 0.3) is 0 Å². The van der Waals surface area contributed by atoms with E-state index in [2.05, 4.69) is 5.43 Å². The number of carbonyl (C=O) groups excluding carboxylic acids is 1. The van der Waals surface area contributed by atoms with E-state index in [0.29, 0.717) is 6.42 Å². The van der Waals surface area contributed by atoms with Gasteiger partial charge in [0, 0.05) is 0 Å². The average molecular weight is 208 g/mol. The molecular weight excluding hydrogens is 192 g/mol. The van der Waals surface area contributed by atoms with Crippen LogP contribution in [-0.4, -0.2) is 12.0 Å². The minimum absolute atomic E-state index is 0.290. The predicted octanol–water partition coefficient (Wildman–Crippen LogP) is 0.972. The van der Waals surface area contributed by atoms with Crippen molar-refractivity contribution in [1.29, 1.82) is 0 Å². The molecule has 0 radical (unpaired) electrons. The number of hydrogen-bond donors (Lipinski definition) is 2. The zero-order chi connectivity index (χ0) is 11.1. The molecule has 1 aromatic carbocycles. The van der Waals surface area contributed by atoms with E-state index < -0.39 is 6.04 Å². The maximum absolute atomic E-state index is 11.4. The van der Waals surface area contributed by atoms with Gasteiger partial charge in [0.2, 0.25) is 0 Å². The Hall–Kier alpha value is -1.39. The highest BCUT2D eigenvalue weighted by Gasteiger charge is 2.15. The van der Waals surface area contributed by atoms with Crippen LogP contribution in [-0.2, 0) is 16.1 Å². The quantitative estimate of drug-likeness (QED) is 0.430. The zero-order valence-electron chi connectivity index (χ0n) is 8.77. The van der Waals surface area contributed by atoms with Crippen LogP contribution in [0.25, 0.3) is 0 Å². The van der Waals surface area contributed by atoms with Crippen LogP contribution in [0.4, 0.5) is 0 Å². The Morgan fingerprint density at radius 3 is 2.67 bits per heavy atom. The molecule has 4 heteroatoms. The molecule has 1 rings (SSSR count). The maximum atomic E-state index is 11.4. The molecule has 0 aliphatic carbocycles. The molecule has 0 unspecified atom stereocenters. The molecule has 0 saturated heterocycles. The minimum atomic E-state index is -0.422. The fourth-order valence-corrected chi connectivity index (χ4v) is 1.18. The molecule has 0 amide bonds. The van der Waals surface area contributed by atoms with E-state index in [-0.39, 0.29) is 12.6 Å². The van der Waals surface area contributed by atoms with Crippen molar-refractivity contribution >= 4 is 5.97 Å². The monoisotopic (exact) mass is 208 g/mol. The second-order valence-electron chi connectivity index (χ2n) is 3.22. The van der Waals surface area contributed by atoms with Gasteiger partial charge in [-0.25, -0.2) is 5.43 Å². The van der Waals surface area contributed by atoms with Crippen molar-refractivity contribution in [2.24, 2.45) is 5.84 Å². The standard InChI is InChI=1S/C11H16N2O2/c1-2-10(13-12)11(14)15-8-9-6-4-3-5-7-9/h3-7,10,13H,2,8,12H2,1H3/t10-/m1/s1. The summed E-state index contributed by atoms with van der Waals surface area (Å²) in [6, 6.07) is 9.12. The van der Waals surface area contributed by atoms with E-state index in [1.807, 2.05) is 37.3 Å². The number of nitrogens with two attached hydrogens (primary N) is 1. The van der Waals surface area contributed by atoms with Crippen molar-refractivity contribution in [3.63, 3.8) is 0 Å². The van der Waals surface area contributed by atoms with E-state index >= 15 is 0 Å². The van der Waals surface area contributed by atoms with Gasteiger partial charge < -0.3 is 4.74 Å². The third-order valence-electron chi connectivity index (χ3n) is 2.12. The molecule has 4 nitrogen and oxygen atoms in total. The normalized spacial score (nSPS) is 12.1. The van der Waals surface area contributed by atoms with Crippen molar-refractivity contribution < 1.29 is 9.53 Å². The second kappa shape index (κ2) is 6.16. The first-order valence-electron chi connectivity index (χ1n) is 4.94. The fraction of sp³-hybridized carbons (Fsp3) is 0.364. The number of carbonyl (C=O) groups is 1. The summed E-state index contributed by atoms with van der Waals surface area (Å²) in [5, 5.41) is 0. The van der Waals surface area contributed by atoms with Crippen LogP contribution in [0.1, 0.15) is 18.9 Å². The molecular formula is C11H16N2O2. The van der Waals surface area contributed by atoms with Gasteiger partial charge in [0.15, 0.2) is 0 Å². The molecule has 82 valence electrons. The SMILES string of the molecule is CC[C@@H](NN)C(=O)OCc1ccccc1. The van der Waals surface area contributed by atoms with E-state index in [1.54, 1.807) is 0 Å². The van der Waals surface area contributed by atoms with Crippen LogP contribution >= 0.6 is 0 Å². The third kappa shape index (κ3) is 3.69. The summed E-state index contributed by atoms with van der Waals surface area (Å²) in [5.74, 6) is 4.89. The minimum Gasteiger partial charge on any atom is -0.460 e. The molecule has 1 aromatic rings. The highest BCUT2D eigenvalue weighted by atomic mass is 16.5. The Bertz CT molecular complexity index is 297. The van der Waals surface area contributed by atoms with Gasteiger partial charge in [-0.3, -0.25) is 10.6 Å². The number of esters is 1. The molecule has 0 fully saturated rings. The van der Waals surface area contributed by atoms with Gasteiger partial charge >= 0.3 is 5.97 Å². The third-order valence-corrected chi connectivity index (χ3v) is 2.12. The predicted molar refractivity (Wildman–Crippen MR) is 57.6 cm³/mol. The smallest absolute Gasteiger partial charge is 0.324 e. The zero-order valence-corrected chi connectivity index (χ0v) is 8.77. The topological polar surface area (TPSA) is 64.3 Å². The van der Waals surface area contributed by atoms with Gasteiger partial charge in [0.1, 0.15) is 12.6 Å². The summed E-state index contributed by atoms with van der Waals surface area (Å²) < 4.78 is 5.09. The molecule has 0 spiro atoms. The molecule has 0 bridgehead atoms. The van der Waals surface area contributed by atoms with E-state index in [1.165, 1.54) is 0 Å². The molecule has 0 saturated carbocycles. The van der Waals surface area contributed by atoms with E-state index in [9.17, 15) is 4.79 Å². The molecule has 15 heavy (non-hydrogen) atoms. The number of benzene rings is 1. The largest absolute Gasteiger partial charge is 0.460 e. The van der Waals surface area contributed by atoms with Crippen LogP contribution in [0, 0.1) is 0 Å². The summed E-state index contributed by atoms with van der Waals surface area (Å²) in [5.41, 5.74) is 3.38. The lowest BCUT2D eigenvalue weighted by Crippen LogP contribution is -2.41. The van der Waals surface area contributed by atoms with E-state index in [0.717, 1.165) is 5.56 Å². The average Bonchev–Trinajstić information content (AvgIpc) is 2.29. The molecule has 0 aliphatic rings. The summed E-state index contributed by atoms with van der Waals surface area (Å²) >= 11 is 0. The summed E-state index contributed by atoms with van der Waals surface area (Å²) in [7, 11) is 0. The first-order valence-corrected chi connectivity index (χ1v) is 4.94. The lowest BCUT2D eigenvalue weighted by Gasteiger charge is -2.12. The van der Waals surface area contributed by atoms with Gasteiger partial charge in [-0.1, -0.05) is 37.3 Å². The molecule has 3 N–H and O–H groups in total. The number of hydrogen-bond acceptors (Lipinski definition) is 4. The first-order chi connectivity index (χ1) is 7.27. The van der Waals surface area contributed by atoms with Crippen molar-refractivity contribution in [3.05, 3.63) is 35.9 Å². The van der Waals surface area contributed by atoms with Gasteiger partial charge in [-0.15, -0.1) is 0 Å². The molecule has 1 atom stereocenters. The Kier molecular flexibility index (Phi) is 4.80. The van der Waals surface area contributed by atoms with Crippen molar-refractivity contribution in [2.75, 3.05) is 0 Å². The van der Waals surface area contributed by atoms with Crippen LogP contribution < -0.4 is 11.3 Å². The van der Waals surface area contributed by atoms with Crippen molar-refractivity contribution in [1.82, 2.24) is 5.43 Å². The number of rotatable bonds is 5. The summed E-state index contributed by atoms with van der Waals surface area (Å²) in [6.45, 7) is 2.16. The van der Waals surface area contributed by atoms with Gasteiger partial charge in [-0.2, -0.15) is 0 Å².